The second-order valence-electron chi connectivity index (χ2n) is 4.90. The van der Waals surface area contributed by atoms with Crippen molar-refractivity contribution in [3.05, 3.63) is 47.8 Å². The largest absolute Gasteiger partial charge is 0.502 e. The van der Waals surface area contributed by atoms with E-state index in [2.05, 4.69) is 15.8 Å². The molecule has 0 aliphatic heterocycles. The number of rotatable bonds is 7. The number of anilines is 1. The average molecular weight is 347 g/mol. The van der Waals surface area contributed by atoms with Crippen LogP contribution >= 0.6 is 0 Å². The van der Waals surface area contributed by atoms with Gasteiger partial charge in [0.15, 0.2) is 11.5 Å². The number of phenolic OH excluding ortho intramolecular Hbond substituents is 1. The molecule has 25 heavy (non-hydrogen) atoms. The fourth-order valence-corrected chi connectivity index (χ4v) is 1.99. The van der Waals surface area contributed by atoms with Crippen molar-refractivity contribution in [2.45, 2.75) is 0 Å². The van der Waals surface area contributed by atoms with Crippen LogP contribution in [0.5, 0.6) is 17.2 Å². The van der Waals surface area contributed by atoms with Gasteiger partial charge >= 0.3 is 0 Å². The van der Waals surface area contributed by atoms with E-state index in [9.17, 15) is 14.3 Å². The Labute approximate surface area is 144 Å². The van der Waals surface area contributed by atoms with Crippen LogP contribution in [0, 0.1) is 5.82 Å². The van der Waals surface area contributed by atoms with Crippen molar-refractivity contribution in [1.29, 1.82) is 0 Å². The molecule has 0 saturated carbocycles. The number of hydrogen-bond acceptors (Lipinski definition) is 6. The zero-order valence-corrected chi connectivity index (χ0v) is 13.7. The summed E-state index contributed by atoms with van der Waals surface area (Å²) in [6.45, 7) is -0.138. The van der Waals surface area contributed by atoms with E-state index in [0.717, 1.165) is 0 Å². The molecule has 132 valence electrons. The first kappa shape index (κ1) is 18.1. The summed E-state index contributed by atoms with van der Waals surface area (Å²) >= 11 is 0. The van der Waals surface area contributed by atoms with Crippen molar-refractivity contribution in [3.8, 4) is 17.2 Å². The van der Waals surface area contributed by atoms with Gasteiger partial charge in [-0.25, -0.2) is 9.82 Å². The number of nitrogens with one attached hydrogen (secondary N) is 2. The highest BCUT2D eigenvalue weighted by atomic mass is 19.1. The van der Waals surface area contributed by atoms with Crippen LogP contribution in [0.3, 0.4) is 0 Å². The minimum atomic E-state index is -0.447. The first-order chi connectivity index (χ1) is 12.0. The first-order valence-corrected chi connectivity index (χ1v) is 7.30. The molecule has 7 nitrogen and oxygen atoms in total. The zero-order valence-electron chi connectivity index (χ0n) is 13.7. The van der Waals surface area contributed by atoms with E-state index >= 15 is 0 Å². The van der Waals surface area contributed by atoms with Gasteiger partial charge < -0.3 is 19.9 Å². The Morgan fingerprint density at radius 2 is 1.88 bits per heavy atom. The summed E-state index contributed by atoms with van der Waals surface area (Å²) in [5.41, 5.74) is 3.09. The van der Waals surface area contributed by atoms with Gasteiger partial charge in [-0.1, -0.05) is 12.1 Å². The van der Waals surface area contributed by atoms with Crippen molar-refractivity contribution in [2.24, 2.45) is 5.10 Å². The summed E-state index contributed by atoms with van der Waals surface area (Å²) in [5, 5.41) is 16.3. The Bertz CT molecular complexity index is 755. The van der Waals surface area contributed by atoms with Gasteiger partial charge in [-0.05, 0) is 24.3 Å². The lowest BCUT2D eigenvalue weighted by molar-refractivity contribution is -0.119. The average Bonchev–Trinajstić information content (AvgIpc) is 2.62. The van der Waals surface area contributed by atoms with Crippen molar-refractivity contribution < 1.29 is 23.8 Å². The van der Waals surface area contributed by atoms with Gasteiger partial charge in [-0.3, -0.25) is 4.79 Å². The van der Waals surface area contributed by atoms with Crippen molar-refractivity contribution in [1.82, 2.24) is 5.43 Å². The second-order valence-corrected chi connectivity index (χ2v) is 4.90. The van der Waals surface area contributed by atoms with E-state index in [1.54, 1.807) is 12.1 Å². The lowest BCUT2D eigenvalue weighted by Crippen LogP contribution is -2.26. The Morgan fingerprint density at radius 3 is 2.48 bits per heavy atom. The monoisotopic (exact) mass is 347 g/mol. The summed E-state index contributed by atoms with van der Waals surface area (Å²) in [6, 6.07) is 9.11. The number of carbonyl (C=O) groups is 1. The molecule has 2 aromatic rings. The maximum Gasteiger partial charge on any atom is 0.259 e. The number of benzene rings is 2. The van der Waals surface area contributed by atoms with Gasteiger partial charge in [-0.15, -0.1) is 0 Å². The van der Waals surface area contributed by atoms with Crippen LogP contribution in [-0.4, -0.2) is 38.0 Å². The molecule has 0 radical (unpaired) electrons. The maximum atomic E-state index is 13.4. The minimum absolute atomic E-state index is 0.125. The molecule has 0 unspecified atom stereocenters. The fraction of sp³-hybridized carbons (Fsp3) is 0.176. The molecule has 0 aliphatic carbocycles. The van der Waals surface area contributed by atoms with Crippen molar-refractivity contribution in [2.75, 3.05) is 26.1 Å². The van der Waals surface area contributed by atoms with Gasteiger partial charge in [0.05, 0.1) is 32.7 Å². The number of aromatic hydroxyl groups is 1. The molecule has 2 aromatic carbocycles. The van der Waals surface area contributed by atoms with E-state index in [4.69, 9.17) is 9.47 Å². The number of carbonyl (C=O) groups excluding carboxylic acids is 1. The fourth-order valence-electron chi connectivity index (χ4n) is 1.99. The lowest BCUT2D eigenvalue weighted by Gasteiger charge is -2.09. The van der Waals surface area contributed by atoms with Crippen LogP contribution in [0.15, 0.2) is 41.5 Å². The molecular weight excluding hydrogens is 329 g/mol. The van der Waals surface area contributed by atoms with Crippen molar-refractivity contribution in [3.63, 3.8) is 0 Å². The number of nitrogens with zero attached hydrogens (tertiary/aromatic N) is 1. The lowest BCUT2D eigenvalue weighted by atomic mass is 10.2. The van der Waals surface area contributed by atoms with Gasteiger partial charge in [0.1, 0.15) is 5.82 Å². The number of hydrogen-bond donors (Lipinski definition) is 3. The van der Waals surface area contributed by atoms with Crippen LogP contribution in [0.2, 0.25) is 0 Å². The molecular formula is C17H18FN3O4. The third-order valence-corrected chi connectivity index (χ3v) is 3.22. The molecule has 0 spiro atoms. The maximum absolute atomic E-state index is 13.4. The molecule has 1 amide bonds. The van der Waals surface area contributed by atoms with Crippen LogP contribution in [0.4, 0.5) is 10.1 Å². The normalized spacial score (nSPS) is 10.5. The number of halogens is 1. The van der Waals surface area contributed by atoms with Gasteiger partial charge in [0.25, 0.3) is 5.91 Å². The molecule has 0 aromatic heterocycles. The van der Waals surface area contributed by atoms with E-state index in [-0.39, 0.29) is 29.5 Å². The van der Waals surface area contributed by atoms with Gasteiger partial charge in [0, 0.05) is 5.56 Å². The smallest absolute Gasteiger partial charge is 0.259 e. The summed E-state index contributed by atoms with van der Waals surface area (Å²) in [5.74, 6) is -0.582. The van der Waals surface area contributed by atoms with E-state index in [0.29, 0.717) is 5.56 Å². The Balaban J connectivity index is 1.94. The number of ether oxygens (including phenoxy) is 2. The summed E-state index contributed by atoms with van der Waals surface area (Å²) in [4.78, 5) is 11.7. The summed E-state index contributed by atoms with van der Waals surface area (Å²) in [6.07, 6.45) is 1.37. The SMILES string of the molecule is COc1cc(C=NNC(=O)CNc2ccccc2F)cc(OC)c1O. The van der Waals surface area contributed by atoms with E-state index in [1.807, 2.05) is 0 Å². The van der Waals surface area contributed by atoms with Crippen LogP contribution in [0.1, 0.15) is 5.56 Å². The van der Waals surface area contributed by atoms with E-state index in [1.165, 1.54) is 44.7 Å². The zero-order chi connectivity index (χ0) is 18.2. The standard InChI is InChI=1S/C17H18FN3O4/c1-24-14-7-11(8-15(25-2)17(14)23)9-20-21-16(22)10-19-13-6-4-3-5-12(13)18/h3-9,19,23H,10H2,1-2H3,(H,21,22). The predicted molar refractivity (Wildman–Crippen MR) is 91.8 cm³/mol. The molecule has 0 aliphatic rings. The highest BCUT2D eigenvalue weighted by Gasteiger charge is 2.10. The number of para-hydroxylation sites is 1. The third-order valence-electron chi connectivity index (χ3n) is 3.22. The molecule has 0 atom stereocenters. The Hall–Kier alpha value is -3.29. The van der Waals surface area contributed by atoms with Crippen molar-refractivity contribution >= 4 is 17.8 Å². The second kappa shape index (κ2) is 8.53. The highest BCUT2D eigenvalue weighted by molar-refractivity contribution is 5.85. The topological polar surface area (TPSA) is 92.2 Å². The molecule has 8 heteroatoms. The number of amides is 1. The quantitative estimate of drug-likeness (QED) is 0.527. The first-order valence-electron chi connectivity index (χ1n) is 7.30. The van der Waals surface area contributed by atoms with E-state index < -0.39 is 11.7 Å². The number of methoxy groups -OCH3 is 2. The molecule has 0 fully saturated rings. The van der Waals surface area contributed by atoms with Crippen LogP contribution < -0.4 is 20.2 Å². The molecule has 2 rings (SSSR count). The highest BCUT2D eigenvalue weighted by Crippen LogP contribution is 2.36. The molecule has 3 N–H and O–H groups in total. The number of hydrazone groups is 1. The van der Waals surface area contributed by atoms with Gasteiger partial charge in [0.2, 0.25) is 5.75 Å². The summed E-state index contributed by atoms with van der Waals surface area (Å²) in [7, 11) is 2.82. The Morgan fingerprint density at radius 1 is 1.24 bits per heavy atom. The third kappa shape index (κ3) is 4.84. The Kier molecular flexibility index (Phi) is 6.16. The number of phenols is 1. The molecule has 0 saturated heterocycles. The summed E-state index contributed by atoms with van der Waals surface area (Å²) < 4.78 is 23.5. The minimum Gasteiger partial charge on any atom is -0.502 e. The molecule has 0 heterocycles. The van der Waals surface area contributed by atoms with Gasteiger partial charge in [-0.2, -0.15) is 5.10 Å². The molecule has 0 bridgehead atoms. The predicted octanol–water partition coefficient (Wildman–Crippen LogP) is 2.11. The van der Waals surface area contributed by atoms with Crippen LogP contribution in [-0.2, 0) is 4.79 Å². The van der Waals surface area contributed by atoms with Crippen LogP contribution in [0.25, 0.3) is 0 Å².